The number of ether oxygens (including phenoxy) is 1. The average Bonchev–Trinajstić information content (AvgIpc) is 2.97. The van der Waals surface area contributed by atoms with E-state index in [-0.39, 0.29) is 11.9 Å². The summed E-state index contributed by atoms with van der Waals surface area (Å²) in [5, 5.41) is 0. The highest BCUT2D eigenvalue weighted by atomic mass is 79.9. The second-order valence-corrected chi connectivity index (χ2v) is 7.06. The molecule has 1 unspecified atom stereocenters. The van der Waals surface area contributed by atoms with E-state index in [0.717, 1.165) is 16.5 Å². The third-order valence-electron chi connectivity index (χ3n) is 4.11. The summed E-state index contributed by atoms with van der Waals surface area (Å²) in [4.78, 5) is 13.3. The molecule has 2 rings (SSSR count). The summed E-state index contributed by atoms with van der Waals surface area (Å²) in [7, 11) is 1.48. The molecule has 0 radical (unpaired) electrons. The zero-order chi connectivity index (χ0) is 14.5. The zero-order valence-corrected chi connectivity index (χ0v) is 14.4. The van der Waals surface area contributed by atoms with Crippen molar-refractivity contribution in [3.63, 3.8) is 0 Å². The maximum absolute atomic E-state index is 12.1. The summed E-state index contributed by atoms with van der Waals surface area (Å²) in [6.45, 7) is 0. The fourth-order valence-corrected chi connectivity index (χ4v) is 4.33. The smallest absolute Gasteiger partial charge is 0.313 e. The van der Waals surface area contributed by atoms with Gasteiger partial charge >= 0.3 is 5.97 Å². The normalized spacial score (nSPS) is 17.1. The predicted octanol–water partition coefficient (Wildman–Crippen LogP) is 5.01. The summed E-state index contributed by atoms with van der Waals surface area (Å²) < 4.78 is 6.07. The summed E-state index contributed by atoms with van der Waals surface area (Å²) >= 11 is 5.29. The number of carbonyl (C=O) groups excluding carboxylic acids is 1. The molecule has 1 saturated carbocycles. The average molecular weight is 357 g/mol. The summed E-state index contributed by atoms with van der Waals surface area (Å²) in [5.41, 5.74) is 1.06. The molecule has 1 atom stereocenters. The lowest BCUT2D eigenvalue weighted by Gasteiger charge is -2.19. The van der Waals surface area contributed by atoms with E-state index in [2.05, 4.69) is 40.4 Å². The van der Waals surface area contributed by atoms with Crippen molar-refractivity contribution in [2.75, 3.05) is 13.4 Å². The number of rotatable bonds is 5. The lowest BCUT2D eigenvalue weighted by Crippen LogP contribution is -2.17. The lowest BCUT2D eigenvalue weighted by molar-refractivity contribution is -0.142. The molecule has 4 heteroatoms. The maximum Gasteiger partial charge on any atom is 0.313 e. The Morgan fingerprint density at radius 2 is 2.15 bits per heavy atom. The van der Waals surface area contributed by atoms with Crippen LogP contribution in [0.5, 0.6) is 0 Å². The van der Waals surface area contributed by atoms with Crippen LogP contribution >= 0.6 is 27.7 Å². The van der Waals surface area contributed by atoms with Gasteiger partial charge in [-0.2, -0.15) is 0 Å². The van der Waals surface area contributed by atoms with Gasteiger partial charge in [0.15, 0.2) is 0 Å². The molecule has 0 spiro atoms. The topological polar surface area (TPSA) is 26.3 Å². The molecule has 2 nitrogen and oxygen atoms in total. The Labute approximate surface area is 133 Å². The minimum Gasteiger partial charge on any atom is -0.469 e. The van der Waals surface area contributed by atoms with Crippen LogP contribution in [0.15, 0.2) is 27.6 Å². The number of halogens is 1. The van der Waals surface area contributed by atoms with Crippen LogP contribution in [-0.4, -0.2) is 19.3 Å². The number of thioether (sulfide) groups is 1. The Morgan fingerprint density at radius 1 is 1.45 bits per heavy atom. The lowest BCUT2D eigenvalue weighted by atomic mass is 9.88. The Kier molecular flexibility index (Phi) is 5.97. The van der Waals surface area contributed by atoms with Gasteiger partial charge in [-0.05, 0) is 52.2 Å². The van der Waals surface area contributed by atoms with Crippen LogP contribution in [0.2, 0.25) is 0 Å². The highest BCUT2D eigenvalue weighted by Gasteiger charge is 2.27. The third kappa shape index (κ3) is 3.79. The van der Waals surface area contributed by atoms with Gasteiger partial charge in [-0.25, -0.2) is 0 Å². The molecule has 0 saturated heterocycles. The van der Waals surface area contributed by atoms with Crippen LogP contribution in [0.4, 0.5) is 0 Å². The van der Waals surface area contributed by atoms with Crippen molar-refractivity contribution in [2.45, 2.75) is 42.9 Å². The summed E-state index contributed by atoms with van der Waals surface area (Å²) in [6, 6.07) is 6.21. The molecule has 0 aromatic heterocycles. The van der Waals surface area contributed by atoms with Gasteiger partial charge in [0.05, 0.1) is 13.0 Å². The van der Waals surface area contributed by atoms with Crippen LogP contribution in [0.3, 0.4) is 0 Å². The van der Waals surface area contributed by atoms with Gasteiger partial charge in [0.25, 0.3) is 0 Å². The summed E-state index contributed by atoms with van der Waals surface area (Å²) in [6.07, 6.45) is 8.06. The minimum atomic E-state index is -0.129. The van der Waals surface area contributed by atoms with E-state index in [4.69, 9.17) is 4.74 Å². The molecular formula is C16H21BrO2S. The number of hydrogen-bond acceptors (Lipinski definition) is 3. The molecule has 0 N–H and O–H groups in total. The highest BCUT2D eigenvalue weighted by Crippen LogP contribution is 2.36. The van der Waals surface area contributed by atoms with Crippen LogP contribution in [0.1, 0.15) is 43.6 Å². The number of methoxy groups -OCH3 is 1. The van der Waals surface area contributed by atoms with E-state index >= 15 is 0 Å². The first-order chi connectivity index (χ1) is 9.65. The molecule has 1 aromatic rings. The minimum absolute atomic E-state index is 0.110. The van der Waals surface area contributed by atoms with E-state index in [1.165, 1.54) is 37.7 Å². The van der Waals surface area contributed by atoms with Gasteiger partial charge in [0.1, 0.15) is 0 Å². The molecule has 1 aromatic carbocycles. The quantitative estimate of drug-likeness (QED) is 0.547. The second-order valence-electron chi connectivity index (χ2n) is 5.36. The summed E-state index contributed by atoms with van der Waals surface area (Å²) in [5.74, 6) is 0.425. The van der Waals surface area contributed by atoms with Crippen molar-refractivity contribution < 1.29 is 9.53 Å². The van der Waals surface area contributed by atoms with Crippen LogP contribution in [-0.2, 0) is 9.53 Å². The Morgan fingerprint density at radius 3 is 2.70 bits per heavy atom. The van der Waals surface area contributed by atoms with E-state index < -0.39 is 0 Å². The first-order valence-electron chi connectivity index (χ1n) is 7.07. The van der Waals surface area contributed by atoms with Crippen molar-refractivity contribution in [1.29, 1.82) is 0 Å². The first kappa shape index (κ1) is 15.9. The number of carbonyl (C=O) groups is 1. The Balaban J connectivity index is 2.21. The fraction of sp³-hybridized carbons (Fsp3) is 0.562. The maximum atomic E-state index is 12.1. The van der Waals surface area contributed by atoms with Crippen molar-refractivity contribution in [3.8, 4) is 0 Å². The van der Waals surface area contributed by atoms with Gasteiger partial charge in [0.2, 0.25) is 0 Å². The van der Waals surface area contributed by atoms with Gasteiger partial charge < -0.3 is 4.74 Å². The van der Waals surface area contributed by atoms with Gasteiger partial charge in [-0.1, -0.05) is 31.7 Å². The van der Waals surface area contributed by atoms with Crippen LogP contribution in [0.25, 0.3) is 0 Å². The molecular weight excluding hydrogens is 336 g/mol. The van der Waals surface area contributed by atoms with E-state index in [1.54, 1.807) is 11.8 Å². The third-order valence-corrected chi connectivity index (χ3v) is 5.82. The van der Waals surface area contributed by atoms with Gasteiger partial charge in [-0.15, -0.1) is 11.8 Å². The molecule has 1 aliphatic rings. The Bertz CT molecular complexity index is 470. The van der Waals surface area contributed by atoms with Crippen molar-refractivity contribution in [1.82, 2.24) is 0 Å². The van der Waals surface area contributed by atoms with E-state index in [0.29, 0.717) is 5.92 Å². The van der Waals surface area contributed by atoms with Crippen molar-refractivity contribution >= 4 is 33.7 Å². The second kappa shape index (κ2) is 7.51. The van der Waals surface area contributed by atoms with E-state index in [9.17, 15) is 4.79 Å². The molecule has 110 valence electrons. The van der Waals surface area contributed by atoms with Crippen molar-refractivity contribution in [2.24, 2.45) is 5.92 Å². The SMILES string of the molecule is COC(=O)C(CC1CCCC1)c1ccc(SC)c(Br)c1. The van der Waals surface area contributed by atoms with E-state index in [1.807, 2.05) is 0 Å². The monoisotopic (exact) mass is 356 g/mol. The molecule has 0 aliphatic heterocycles. The first-order valence-corrected chi connectivity index (χ1v) is 9.08. The zero-order valence-electron chi connectivity index (χ0n) is 12.0. The largest absolute Gasteiger partial charge is 0.469 e. The standard InChI is InChI=1S/C16H21BrO2S/c1-19-16(18)13(9-11-5-3-4-6-11)12-7-8-15(20-2)14(17)10-12/h7-8,10-11,13H,3-6,9H2,1-2H3. The Hall–Kier alpha value is -0.480. The van der Waals surface area contributed by atoms with Crippen LogP contribution in [0, 0.1) is 5.92 Å². The molecule has 0 heterocycles. The molecule has 0 amide bonds. The molecule has 20 heavy (non-hydrogen) atoms. The molecule has 1 aliphatic carbocycles. The highest BCUT2D eigenvalue weighted by molar-refractivity contribution is 9.10. The molecule has 1 fully saturated rings. The fourth-order valence-electron chi connectivity index (χ4n) is 2.99. The van der Waals surface area contributed by atoms with Crippen molar-refractivity contribution in [3.05, 3.63) is 28.2 Å². The predicted molar refractivity (Wildman–Crippen MR) is 87.3 cm³/mol. The number of hydrogen-bond donors (Lipinski definition) is 0. The van der Waals surface area contributed by atoms with Gasteiger partial charge in [0, 0.05) is 9.37 Å². The molecule has 0 bridgehead atoms. The van der Waals surface area contributed by atoms with Crippen LogP contribution < -0.4 is 0 Å². The number of benzene rings is 1. The number of esters is 1. The van der Waals surface area contributed by atoms with Gasteiger partial charge in [-0.3, -0.25) is 4.79 Å².